The van der Waals surface area contributed by atoms with E-state index in [0.717, 1.165) is 5.56 Å². The molecule has 0 amide bonds. The molecule has 0 saturated carbocycles. The Morgan fingerprint density at radius 3 is 2.52 bits per heavy atom. The molecule has 2 atom stereocenters. The highest BCUT2D eigenvalue weighted by molar-refractivity contribution is 5.99. The van der Waals surface area contributed by atoms with E-state index >= 15 is 0 Å². The standard InChI is InChI=1S/C17H16FN3O4/c1-9(12-7-5-4-6-8-12)21-13(16(18)19-20-21)14(23)17-24-11(3)15(25-17)10(2)22/h4-9,17H,1-3H3/t9-,17?/m1/s1. The molecule has 0 bridgehead atoms. The average molecular weight is 345 g/mol. The molecule has 1 aromatic heterocycles. The lowest BCUT2D eigenvalue weighted by Gasteiger charge is -2.16. The Morgan fingerprint density at radius 2 is 1.92 bits per heavy atom. The zero-order valence-electron chi connectivity index (χ0n) is 13.9. The molecule has 0 aliphatic carbocycles. The van der Waals surface area contributed by atoms with Gasteiger partial charge in [0, 0.05) is 6.92 Å². The zero-order chi connectivity index (χ0) is 18.1. The minimum Gasteiger partial charge on any atom is -0.448 e. The summed E-state index contributed by atoms with van der Waals surface area (Å²) in [5.41, 5.74) is 0.465. The molecule has 0 N–H and O–H groups in total. The largest absolute Gasteiger partial charge is 0.448 e. The number of benzene rings is 1. The molecule has 1 aliphatic rings. The zero-order valence-corrected chi connectivity index (χ0v) is 13.9. The summed E-state index contributed by atoms with van der Waals surface area (Å²) in [7, 11) is 0. The molecule has 7 nitrogen and oxygen atoms in total. The van der Waals surface area contributed by atoms with Crippen molar-refractivity contribution in [3.8, 4) is 0 Å². The van der Waals surface area contributed by atoms with E-state index in [0.29, 0.717) is 0 Å². The van der Waals surface area contributed by atoms with Crippen molar-refractivity contribution in [1.82, 2.24) is 15.0 Å². The number of carbonyl (C=O) groups excluding carboxylic acids is 2. The number of halogens is 1. The van der Waals surface area contributed by atoms with Gasteiger partial charge in [0.05, 0.1) is 6.04 Å². The molecule has 0 fully saturated rings. The van der Waals surface area contributed by atoms with Gasteiger partial charge < -0.3 is 9.47 Å². The van der Waals surface area contributed by atoms with Gasteiger partial charge in [0.25, 0.3) is 11.7 Å². The van der Waals surface area contributed by atoms with Crippen molar-refractivity contribution in [3.63, 3.8) is 0 Å². The number of hydrogen-bond donors (Lipinski definition) is 0. The second-order valence-corrected chi connectivity index (χ2v) is 5.63. The molecule has 1 aliphatic heterocycles. The average Bonchev–Trinajstić information content (AvgIpc) is 3.17. The SMILES string of the molecule is CC(=O)C1=C(C)OC(C(=O)c2c(F)nnn2[C@H](C)c2ccccc2)O1. The number of carbonyl (C=O) groups is 2. The maximum absolute atomic E-state index is 14.1. The summed E-state index contributed by atoms with van der Waals surface area (Å²) in [6.07, 6.45) is -1.44. The lowest BCUT2D eigenvalue weighted by atomic mass is 10.1. The van der Waals surface area contributed by atoms with Crippen LogP contribution in [-0.4, -0.2) is 32.9 Å². The quantitative estimate of drug-likeness (QED) is 0.774. The molecule has 8 heteroatoms. The first-order valence-electron chi connectivity index (χ1n) is 7.65. The van der Waals surface area contributed by atoms with Crippen molar-refractivity contribution in [3.05, 3.63) is 59.1 Å². The molecule has 130 valence electrons. The topological polar surface area (TPSA) is 83.3 Å². The summed E-state index contributed by atoms with van der Waals surface area (Å²) in [6, 6.07) is 8.75. The van der Waals surface area contributed by atoms with Crippen molar-refractivity contribution in [1.29, 1.82) is 0 Å². The van der Waals surface area contributed by atoms with Crippen LogP contribution >= 0.6 is 0 Å². The Balaban J connectivity index is 1.90. The third kappa shape index (κ3) is 3.02. The maximum atomic E-state index is 14.1. The van der Waals surface area contributed by atoms with Crippen LogP contribution in [0.4, 0.5) is 4.39 Å². The van der Waals surface area contributed by atoms with Gasteiger partial charge in [-0.25, -0.2) is 4.68 Å². The molecule has 0 radical (unpaired) electrons. The lowest BCUT2D eigenvalue weighted by molar-refractivity contribution is -0.118. The van der Waals surface area contributed by atoms with Crippen LogP contribution in [0.5, 0.6) is 0 Å². The number of nitrogens with zero attached hydrogens (tertiary/aromatic N) is 3. The summed E-state index contributed by atoms with van der Waals surface area (Å²) in [6.45, 7) is 4.56. The second kappa shape index (κ2) is 6.46. The molecule has 2 heterocycles. The molecular formula is C17H16FN3O4. The molecule has 1 aromatic carbocycles. The number of ketones is 2. The number of allylic oxidation sites excluding steroid dienone is 2. The Kier molecular flexibility index (Phi) is 4.35. The smallest absolute Gasteiger partial charge is 0.307 e. The fraction of sp³-hybridized carbons (Fsp3) is 0.294. The third-order valence-corrected chi connectivity index (χ3v) is 3.90. The van der Waals surface area contributed by atoms with E-state index in [-0.39, 0.29) is 23.0 Å². The number of aromatic nitrogens is 3. The normalized spacial score (nSPS) is 17.8. The molecule has 0 saturated heterocycles. The number of rotatable bonds is 5. The van der Waals surface area contributed by atoms with Gasteiger partial charge in [-0.15, -0.1) is 0 Å². The van der Waals surface area contributed by atoms with Crippen LogP contribution in [0.2, 0.25) is 0 Å². The van der Waals surface area contributed by atoms with Crippen LogP contribution in [0.1, 0.15) is 42.9 Å². The van der Waals surface area contributed by atoms with Gasteiger partial charge in [-0.05, 0) is 19.4 Å². The van der Waals surface area contributed by atoms with Crippen LogP contribution in [0.3, 0.4) is 0 Å². The molecular weight excluding hydrogens is 329 g/mol. The summed E-state index contributed by atoms with van der Waals surface area (Å²) in [5.74, 6) is -2.05. The van der Waals surface area contributed by atoms with Gasteiger partial charge in [0.2, 0.25) is 5.76 Å². The van der Waals surface area contributed by atoms with E-state index in [9.17, 15) is 14.0 Å². The van der Waals surface area contributed by atoms with E-state index in [2.05, 4.69) is 10.3 Å². The van der Waals surface area contributed by atoms with Crippen LogP contribution in [0.15, 0.2) is 41.9 Å². The van der Waals surface area contributed by atoms with Crippen LogP contribution in [0.25, 0.3) is 0 Å². The summed E-state index contributed by atoms with van der Waals surface area (Å²) in [4.78, 5) is 24.1. The molecule has 2 aromatic rings. The first kappa shape index (κ1) is 16.8. The minimum absolute atomic E-state index is 0.0473. The monoisotopic (exact) mass is 345 g/mol. The molecule has 3 rings (SSSR count). The molecule has 25 heavy (non-hydrogen) atoms. The predicted octanol–water partition coefficient (Wildman–Crippen LogP) is 2.40. The highest BCUT2D eigenvalue weighted by atomic mass is 19.1. The highest BCUT2D eigenvalue weighted by Gasteiger charge is 2.38. The first-order chi connectivity index (χ1) is 11.9. The Labute approximate surface area is 143 Å². The Hall–Kier alpha value is -3.03. The summed E-state index contributed by atoms with van der Waals surface area (Å²) in [5, 5.41) is 7.10. The van der Waals surface area contributed by atoms with Crippen molar-refractivity contribution in [2.45, 2.75) is 33.1 Å². The van der Waals surface area contributed by atoms with Gasteiger partial charge in [-0.1, -0.05) is 40.6 Å². The molecule has 1 unspecified atom stereocenters. The van der Waals surface area contributed by atoms with Gasteiger partial charge in [-0.3, -0.25) is 9.59 Å². The Morgan fingerprint density at radius 1 is 1.24 bits per heavy atom. The first-order valence-corrected chi connectivity index (χ1v) is 7.65. The minimum atomic E-state index is -1.44. The predicted molar refractivity (Wildman–Crippen MR) is 83.9 cm³/mol. The van der Waals surface area contributed by atoms with Crippen molar-refractivity contribution < 1.29 is 23.5 Å². The van der Waals surface area contributed by atoms with Gasteiger partial charge in [0.15, 0.2) is 11.5 Å². The summed E-state index contributed by atoms with van der Waals surface area (Å²) < 4.78 is 25.8. The Bertz CT molecular complexity index is 860. The van der Waals surface area contributed by atoms with Crippen LogP contribution in [-0.2, 0) is 14.3 Å². The fourth-order valence-corrected chi connectivity index (χ4v) is 2.61. The van der Waals surface area contributed by atoms with Gasteiger partial charge >= 0.3 is 6.29 Å². The molecule has 0 spiro atoms. The van der Waals surface area contributed by atoms with Gasteiger partial charge in [-0.2, -0.15) is 4.39 Å². The van der Waals surface area contributed by atoms with Crippen molar-refractivity contribution in [2.75, 3.05) is 0 Å². The van der Waals surface area contributed by atoms with E-state index in [1.165, 1.54) is 18.5 Å². The number of ether oxygens (including phenoxy) is 2. The second-order valence-electron chi connectivity index (χ2n) is 5.63. The fourth-order valence-electron chi connectivity index (χ4n) is 2.61. The maximum Gasteiger partial charge on any atom is 0.307 e. The van der Waals surface area contributed by atoms with Gasteiger partial charge in [0.1, 0.15) is 5.76 Å². The summed E-state index contributed by atoms with van der Waals surface area (Å²) >= 11 is 0. The van der Waals surface area contributed by atoms with E-state index in [4.69, 9.17) is 9.47 Å². The van der Waals surface area contributed by atoms with Crippen molar-refractivity contribution >= 4 is 11.6 Å². The van der Waals surface area contributed by atoms with Crippen LogP contribution < -0.4 is 0 Å². The number of hydrogen-bond acceptors (Lipinski definition) is 6. The van der Waals surface area contributed by atoms with E-state index < -0.39 is 24.1 Å². The van der Waals surface area contributed by atoms with E-state index in [1.807, 2.05) is 30.3 Å². The van der Waals surface area contributed by atoms with Crippen molar-refractivity contribution in [2.24, 2.45) is 0 Å². The highest BCUT2D eigenvalue weighted by Crippen LogP contribution is 2.27. The van der Waals surface area contributed by atoms with Crippen LogP contribution in [0, 0.1) is 5.95 Å². The number of Topliss-reactive ketones (excluding diaryl/α,β-unsaturated/α-hetero) is 2. The third-order valence-electron chi connectivity index (χ3n) is 3.90. The van der Waals surface area contributed by atoms with E-state index in [1.54, 1.807) is 6.92 Å². The lowest BCUT2D eigenvalue weighted by Crippen LogP contribution is -2.28.